The van der Waals surface area contributed by atoms with Gasteiger partial charge in [0.25, 0.3) is 0 Å². The molecule has 0 saturated heterocycles. The molecule has 0 aromatic carbocycles. The van der Waals surface area contributed by atoms with Crippen LogP contribution in [0.5, 0.6) is 0 Å². The van der Waals surface area contributed by atoms with Crippen LogP contribution in [-0.4, -0.2) is 26.3 Å². The fraction of sp³-hybridized carbons (Fsp3) is 0.167. The molecule has 6 heteroatoms. The molecule has 2 N–H and O–H groups in total. The SMILES string of the molecule is CC1(O)N=C(c2cnn3ccccc23)NC=C1Cl. The molecule has 0 aliphatic carbocycles. The zero-order valence-electron chi connectivity index (χ0n) is 9.63. The Morgan fingerprint density at radius 3 is 3.06 bits per heavy atom. The first kappa shape index (κ1) is 11.3. The maximum Gasteiger partial charge on any atom is 0.193 e. The van der Waals surface area contributed by atoms with E-state index in [0.29, 0.717) is 5.84 Å². The minimum Gasteiger partial charge on any atom is -0.365 e. The van der Waals surface area contributed by atoms with Gasteiger partial charge in [0.1, 0.15) is 5.84 Å². The number of amidine groups is 1. The van der Waals surface area contributed by atoms with E-state index in [1.54, 1.807) is 17.6 Å². The van der Waals surface area contributed by atoms with Crippen LogP contribution in [0.25, 0.3) is 5.52 Å². The second-order valence-electron chi connectivity index (χ2n) is 4.21. The van der Waals surface area contributed by atoms with Crippen LogP contribution in [0.1, 0.15) is 12.5 Å². The van der Waals surface area contributed by atoms with E-state index in [0.717, 1.165) is 11.1 Å². The Morgan fingerprint density at radius 2 is 2.28 bits per heavy atom. The maximum absolute atomic E-state index is 10.0. The van der Waals surface area contributed by atoms with Crippen molar-refractivity contribution in [2.45, 2.75) is 12.6 Å². The highest BCUT2D eigenvalue weighted by Crippen LogP contribution is 2.25. The third-order valence-corrected chi connectivity index (χ3v) is 3.27. The van der Waals surface area contributed by atoms with Crippen molar-refractivity contribution in [1.82, 2.24) is 14.9 Å². The number of fused-ring (bicyclic) bond motifs is 1. The quantitative estimate of drug-likeness (QED) is 0.818. The Labute approximate surface area is 108 Å². The zero-order valence-corrected chi connectivity index (χ0v) is 10.4. The number of nitrogens with zero attached hydrogens (tertiary/aromatic N) is 3. The van der Waals surface area contributed by atoms with Gasteiger partial charge in [-0.1, -0.05) is 17.7 Å². The van der Waals surface area contributed by atoms with Crippen molar-refractivity contribution >= 4 is 23.0 Å². The average Bonchev–Trinajstić information content (AvgIpc) is 2.76. The van der Waals surface area contributed by atoms with Crippen LogP contribution in [0.2, 0.25) is 0 Å². The summed E-state index contributed by atoms with van der Waals surface area (Å²) in [7, 11) is 0. The van der Waals surface area contributed by atoms with Crippen molar-refractivity contribution in [3.8, 4) is 0 Å². The highest BCUT2D eigenvalue weighted by atomic mass is 35.5. The lowest BCUT2D eigenvalue weighted by atomic mass is 10.2. The Morgan fingerprint density at radius 1 is 1.44 bits per heavy atom. The molecule has 1 aliphatic heterocycles. The van der Waals surface area contributed by atoms with Gasteiger partial charge >= 0.3 is 0 Å². The van der Waals surface area contributed by atoms with Crippen LogP contribution in [-0.2, 0) is 0 Å². The fourth-order valence-electron chi connectivity index (χ4n) is 1.83. The van der Waals surface area contributed by atoms with Crippen molar-refractivity contribution in [3.05, 3.63) is 47.4 Å². The van der Waals surface area contributed by atoms with E-state index in [4.69, 9.17) is 11.6 Å². The highest BCUT2D eigenvalue weighted by molar-refractivity contribution is 6.31. The summed E-state index contributed by atoms with van der Waals surface area (Å²) in [5.41, 5.74) is 0.327. The van der Waals surface area contributed by atoms with Crippen molar-refractivity contribution in [3.63, 3.8) is 0 Å². The van der Waals surface area contributed by atoms with Gasteiger partial charge in [-0.2, -0.15) is 5.10 Å². The number of pyridine rings is 1. The summed E-state index contributed by atoms with van der Waals surface area (Å²) in [5.74, 6) is 0.547. The molecule has 92 valence electrons. The maximum atomic E-state index is 10.0. The minimum atomic E-state index is -1.40. The second kappa shape index (κ2) is 3.83. The van der Waals surface area contributed by atoms with Gasteiger partial charge in [0.2, 0.25) is 0 Å². The molecule has 0 radical (unpaired) electrons. The number of hydrogen-bond donors (Lipinski definition) is 2. The molecule has 0 amide bonds. The Hall–Kier alpha value is -1.85. The Bertz CT molecular complexity index is 672. The van der Waals surface area contributed by atoms with E-state index >= 15 is 0 Å². The predicted octanol–water partition coefficient (Wildman–Crippen LogP) is 1.47. The van der Waals surface area contributed by atoms with Crippen molar-refractivity contribution in [2.75, 3.05) is 0 Å². The summed E-state index contributed by atoms with van der Waals surface area (Å²) in [5, 5.41) is 17.5. The molecule has 1 aliphatic rings. The summed E-state index contributed by atoms with van der Waals surface area (Å²) >= 11 is 5.87. The molecular weight excluding hydrogens is 252 g/mol. The topological polar surface area (TPSA) is 61.9 Å². The predicted molar refractivity (Wildman–Crippen MR) is 69.4 cm³/mol. The second-order valence-corrected chi connectivity index (χ2v) is 4.61. The van der Waals surface area contributed by atoms with Crippen LogP contribution in [0.3, 0.4) is 0 Å². The van der Waals surface area contributed by atoms with Crippen LogP contribution in [0.4, 0.5) is 0 Å². The molecule has 5 nitrogen and oxygen atoms in total. The molecule has 0 bridgehead atoms. The van der Waals surface area contributed by atoms with E-state index in [9.17, 15) is 5.11 Å². The van der Waals surface area contributed by atoms with Crippen LogP contribution < -0.4 is 5.32 Å². The van der Waals surface area contributed by atoms with E-state index in [1.807, 2.05) is 24.4 Å². The van der Waals surface area contributed by atoms with Crippen molar-refractivity contribution in [2.24, 2.45) is 4.99 Å². The molecule has 1 atom stereocenters. The first-order valence-electron chi connectivity index (χ1n) is 5.45. The van der Waals surface area contributed by atoms with Gasteiger partial charge in [0, 0.05) is 12.4 Å². The monoisotopic (exact) mass is 262 g/mol. The largest absolute Gasteiger partial charge is 0.365 e. The number of nitrogens with one attached hydrogen (secondary N) is 1. The molecule has 3 rings (SSSR count). The summed E-state index contributed by atoms with van der Waals surface area (Å²) in [6.07, 6.45) is 5.09. The van der Waals surface area contributed by atoms with E-state index in [-0.39, 0.29) is 5.03 Å². The van der Waals surface area contributed by atoms with E-state index in [2.05, 4.69) is 15.4 Å². The smallest absolute Gasteiger partial charge is 0.193 e. The van der Waals surface area contributed by atoms with Crippen LogP contribution in [0.15, 0.2) is 46.8 Å². The molecule has 18 heavy (non-hydrogen) atoms. The molecule has 0 fully saturated rings. The number of rotatable bonds is 1. The number of halogens is 1. The summed E-state index contributed by atoms with van der Waals surface area (Å²) in [6.45, 7) is 1.54. The number of aliphatic hydroxyl groups is 1. The van der Waals surface area contributed by atoms with Crippen LogP contribution >= 0.6 is 11.6 Å². The summed E-state index contributed by atoms with van der Waals surface area (Å²) in [6, 6.07) is 5.75. The van der Waals surface area contributed by atoms with Crippen molar-refractivity contribution < 1.29 is 5.11 Å². The number of hydrogen-bond acceptors (Lipinski definition) is 4. The van der Waals surface area contributed by atoms with E-state index < -0.39 is 5.72 Å². The zero-order chi connectivity index (χ0) is 12.8. The third kappa shape index (κ3) is 1.68. The van der Waals surface area contributed by atoms with E-state index in [1.165, 1.54) is 6.20 Å². The Balaban J connectivity index is 2.12. The van der Waals surface area contributed by atoms with Gasteiger partial charge in [-0.25, -0.2) is 9.51 Å². The highest BCUT2D eigenvalue weighted by Gasteiger charge is 2.28. The molecule has 0 saturated carbocycles. The van der Waals surface area contributed by atoms with Crippen molar-refractivity contribution in [1.29, 1.82) is 0 Å². The van der Waals surface area contributed by atoms with Gasteiger partial charge in [-0.05, 0) is 19.1 Å². The first-order chi connectivity index (χ1) is 8.58. The minimum absolute atomic E-state index is 0.253. The standard InChI is InChI=1S/C12H11ClN4O/c1-12(18)10(13)7-14-11(16-12)8-6-15-17-5-3-2-4-9(8)17/h2-7,18H,1H3,(H,14,16). The van der Waals surface area contributed by atoms with Gasteiger partial charge < -0.3 is 10.4 Å². The van der Waals surface area contributed by atoms with Gasteiger partial charge in [0.05, 0.1) is 22.3 Å². The lowest BCUT2D eigenvalue weighted by molar-refractivity contribution is 0.115. The lowest BCUT2D eigenvalue weighted by Gasteiger charge is -2.23. The lowest BCUT2D eigenvalue weighted by Crippen LogP contribution is -2.34. The summed E-state index contributed by atoms with van der Waals surface area (Å²) < 4.78 is 1.74. The third-order valence-electron chi connectivity index (χ3n) is 2.80. The molecule has 1 unspecified atom stereocenters. The van der Waals surface area contributed by atoms with Gasteiger partial charge in [0.15, 0.2) is 5.72 Å². The Kier molecular flexibility index (Phi) is 2.39. The average molecular weight is 263 g/mol. The number of aliphatic imine (C=N–C) groups is 1. The summed E-state index contributed by atoms with van der Waals surface area (Å²) in [4.78, 5) is 4.20. The molecular formula is C12H11ClN4O. The molecule has 3 heterocycles. The fourth-order valence-corrected chi connectivity index (χ4v) is 1.92. The molecule has 0 spiro atoms. The number of aromatic nitrogens is 2. The molecule has 2 aromatic rings. The van der Waals surface area contributed by atoms with Gasteiger partial charge in [-0.3, -0.25) is 0 Å². The normalized spacial score (nSPS) is 23.5. The van der Waals surface area contributed by atoms with Gasteiger partial charge in [-0.15, -0.1) is 0 Å². The molecule has 2 aromatic heterocycles. The first-order valence-corrected chi connectivity index (χ1v) is 5.83. The van der Waals surface area contributed by atoms with Crippen LogP contribution in [0, 0.1) is 0 Å².